The average molecular weight is 427 g/mol. The Morgan fingerprint density at radius 1 is 0.967 bits per heavy atom. The lowest BCUT2D eigenvalue weighted by Gasteiger charge is -2.14. The van der Waals surface area contributed by atoms with E-state index < -0.39 is 4.92 Å². The van der Waals surface area contributed by atoms with Crippen molar-refractivity contribution in [1.29, 1.82) is 0 Å². The van der Waals surface area contributed by atoms with Crippen molar-refractivity contribution in [3.8, 4) is 11.5 Å². The van der Waals surface area contributed by atoms with Crippen LogP contribution in [0.3, 0.4) is 0 Å². The molecular weight excluding hydrogens is 404 g/mol. The Balaban J connectivity index is 1.62. The zero-order valence-electron chi connectivity index (χ0n) is 16.9. The van der Waals surface area contributed by atoms with E-state index in [0.717, 1.165) is 17.7 Å². The predicted octanol–water partition coefficient (Wildman–Crippen LogP) is 5.43. The third-order valence-electron chi connectivity index (χ3n) is 4.64. The Labute approximate surface area is 180 Å². The first-order valence-corrected chi connectivity index (χ1v) is 9.83. The van der Waals surface area contributed by atoms with E-state index in [1.54, 1.807) is 25.3 Å². The molecule has 1 N–H and O–H groups in total. The number of aryl methyl sites for hydroxylation is 1. The number of nitrogens with one attached hydrogen (secondary N) is 1. The summed E-state index contributed by atoms with van der Waals surface area (Å²) >= 11 is 6.45. The quantitative estimate of drug-likeness (QED) is 0.364. The number of methoxy groups -OCH3 is 1. The minimum Gasteiger partial charge on any atom is -0.493 e. The van der Waals surface area contributed by atoms with Gasteiger partial charge < -0.3 is 14.8 Å². The fraction of sp³-hybridized carbons (Fsp3) is 0.217. The van der Waals surface area contributed by atoms with Crippen molar-refractivity contribution in [3.63, 3.8) is 0 Å². The van der Waals surface area contributed by atoms with Crippen molar-refractivity contribution in [2.75, 3.05) is 7.11 Å². The monoisotopic (exact) mass is 426 g/mol. The number of ether oxygens (including phenoxy) is 2. The lowest BCUT2D eigenvalue weighted by molar-refractivity contribution is -0.384. The molecule has 0 saturated heterocycles. The first-order valence-electron chi connectivity index (χ1n) is 9.45. The molecule has 0 aliphatic heterocycles. The predicted molar refractivity (Wildman–Crippen MR) is 117 cm³/mol. The van der Waals surface area contributed by atoms with Crippen LogP contribution < -0.4 is 14.8 Å². The van der Waals surface area contributed by atoms with Gasteiger partial charge in [-0.1, -0.05) is 41.4 Å². The Morgan fingerprint density at radius 3 is 2.27 bits per heavy atom. The molecule has 3 rings (SSSR count). The third-order valence-corrected chi connectivity index (χ3v) is 4.99. The molecule has 0 radical (unpaired) electrons. The first kappa shape index (κ1) is 21.6. The molecule has 6 nitrogen and oxygen atoms in total. The highest BCUT2D eigenvalue weighted by Gasteiger charge is 2.12. The minimum absolute atomic E-state index is 0.0434. The van der Waals surface area contributed by atoms with E-state index in [4.69, 9.17) is 21.1 Å². The van der Waals surface area contributed by atoms with Crippen LogP contribution in [0, 0.1) is 17.0 Å². The summed E-state index contributed by atoms with van der Waals surface area (Å²) in [6.45, 7) is 3.63. The van der Waals surface area contributed by atoms with Crippen LogP contribution in [0.5, 0.6) is 11.5 Å². The SMILES string of the molecule is COc1cc(CNCc2ccc(C)cc2)c(Cl)cc1OCc1ccc([N+](=O)[O-])cc1. The van der Waals surface area contributed by atoms with Gasteiger partial charge in [0, 0.05) is 36.3 Å². The number of non-ortho nitro benzene ring substituents is 1. The normalized spacial score (nSPS) is 10.6. The van der Waals surface area contributed by atoms with Crippen molar-refractivity contribution in [2.24, 2.45) is 0 Å². The summed E-state index contributed by atoms with van der Waals surface area (Å²) in [5, 5.41) is 14.7. The Morgan fingerprint density at radius 2 is 1.63 bits per heavy atom. The van der Waals surface area contributed by atoms with Crippen LogP contribution in [0.4, 0.5) is 5.69 Å². The Hall–Kier alpha value is -3.09. The zero-order chi connectivity index (χ0) is 21.5. The van der Waals surface area contributed by atoms with Crippen LogP contribution in [0.1, 0.15) is 22.3 Å². The largest absolute Gasteiger partial charge is 0.493 e. The van der Waals surface area contributed by atoms with Crippen LogP contribution >= 0.6 is 11.6 Å². The van der Waals surface area contributed by atoms with Gasteiger partial charge in [-0.25, -0.2) is 0 Å². The Kier molecular flexibility index (Phi) is 7.27. The number of nitrogens with zero attached hydrogens (tertiary/aromatic N) is 1. The summed E-state index contributed by atoms with van der Waals surface area (Å²) in [5.41, 5.74) is 4.19. The van der Waals surface area contributed by atoms with Crippen LogP contribution in [0.15, 0.2) is 60.7 Å². The third kappa shape index (κ3) is 5.72. The highest BCUT2D eigenvalue weighted by atomic mass is 35.5. The smallest absolute Gasteiger partial charge is 0.269 e. The van der Waals surface area contributed by atoms with Crippen molar-refractivity contribution >= 4 is 17.3 Å². The number of halogens is 1. The molecule has 0 fully saturated rings. The molecule has 0 spiro atoms. The van der Waals surface area contributed by atoms with Crippen molar-refractivity contribution in [3.05, 3.63) is 98.1 Å². The topological polar surface area (TPSA) is 73.6 Å². The number of rotatable bonds is 9. The summed E-state index contributed by atoms with van der Waals surface area (Å²) in [6.07, 6.45) is 0. The molecule has 156 valence electrons. The zero-order valence-corrected chi connectivity index (χ0v) is 17.6. The van der Waals surface area contributed by atoms with Gasteiger partial charge in [0.1, 0.15) is 6.61 Å². The van der Waals surface area contributed by atoms with Crippen LogP contribution in [0.25, 0.3) is 0 Å². The molecule has 0 aliphatic carbocycles. The van der Waals surface area contributed by atoms with Gasteiger partial charge in [0.05, 0.1) is 12.0 Å². The number of nitro groups is 1. The van der Waals surface area contributed by atoms with E-state index in [2.05, 4.69) is 36.5 Å². The highest BCUT2D eigenvalue weighted by Crippen LogP contribution is 2.34. The van der Waals surface area contributed by atoms with Crippen LogP contribution in [-0.2, 0) is 19.7 Å². The van der Waals surface area contributed by atoms with Gasteiger partial charge in [0.25, 0.3) is 5.69 Å². The molecule has 0 aliphatic rings. The van der Waals surface area contributed by atoms with Crippen LogP contribution in [0.2, 0.25) is 5.02 Å². The summed E-state index contributed by atoms with van der Waals surface area (Å²) in [6, 6.07) is 18.2. The summed E-state index contributed by atoms with van der Waals surface area (Å²) in [7, 11) is 1.57. The summed E-state index contributed by atoms with van der Waals surface area (Å²) in [5.74, 6) is 1.09. The molecule has 3 aromatic rings. The molecule has 0 atom stereocenters. The van der Waals surface area contributed by atoms with Gasteiger partial charge in [0.15, 0.2) is 11.5 Å². The molecule has 0 heterocycles. The van der Waals surface area contributed by atoms with E-state index in [1.807, 2.05) is 6.07 Å². The lowest BCUT2D eigenvalue weighted by atomic mass is 10.1. The second-order valence-electron chi connectivity index (χ2n) is 6.90. The molecule has 3 aromatic carbocycles. The Bertz CT molecular complexity index is 1000. The van der Waals surface area contributed by atoms with Gasteiger partial charge >= 0.3 is 0 Å². The number of benzene rings is 3. The van der Waals surface area contributed by atoms with Gasteiger partial charge in [-0.2, -0.15) is 0 Å². The molecule has 0 unspecified atom stereocenters. The fourth-order valence-electron chi connectivity index (χ4n) is 2.91. The molecular formula is C23H23ClN2O4. The molecule has 7 heteroatoms. The van der Waals surface area contributed by atoms with E-state index in [-0.39, 0.29) is 12.3 Å². The second kappa shape index (κ2) is 10.1. The van der Waals surface area contributed by atoms with Crippen molar-refractivity contribution in [2.45, 2.75) is 26.6 Å². The average Bonchev–Trinajstić information content (AvgIpc) is 2.75. The fourth-order valence-corrected chi connectivity index (χ4v) is 3.13. The molecule has 0 amide bonds. The maximum Gasteiger partial charge on any atom is 0.269 e. The van der Waals surface area contributed by atoms with Crippen molar-refractivity contribution in [1.82, 2.24) is 5.32 Å². The van der Waals surface area contributed by atoms with Gasteiger partial charge in [-0.3, -0.25) is 10.1 Å². The number of hydrogen-bond donors (Lipinski definition) is 1. The maximum atomic E-state index is 10.8. The number of nitro benzene ring substituents is 1. The lowest BCUT2D eigenvalue weighted by Crippen LogP contribution is -2.13. The summed E-state index contributed by atoms with van der Waals surface area (Å²) < 4.78 is 11.3. The van der Waals surface area contributed by atoms with Crippen molar-refractivity contribution < 1.29 is 14.4 Å². The van der Waals surface area contributed by atoms with E-state index >= 15 is 0 Å². The summed E-state index contributed by atoms with van der Waals surface area (Å²) in [4.78, 5) is 10.3. The minimum atomic E-state index is -0.432. The molecule has 0 bridgehead atoms. The van der Waals surface area contributed by atoms with Crippen LogP contribution in [-0.4, -0.2) is 12.0 Å². The molecule has 0 saturated carbocycles. The first-order chi connectivity index (χ1) is 14.5. The van der Waals surface area contributed by atoms with E-state index in [1.165, 1.54) is 23.3 Å². The standard InChI is InChI=1S/C23H23ClN2O4/c1-16-3-5-17(6-4-16)13-25-14-19-11-22(29-2)23(12-21(19)24)30-15-18-7-9-20(10-8-18)26(27)28/h3-12,25H,13-15H2,1-2H3. The maximum absolute atomic E-state index is 10.8. The second-order valence-corrected chi connectivity index (χ2v) is 7.30. The van der Waals surface area contributed by atoms with Gasteiger partial charge in [0.2, 0.25) is 0 Å². The van der Waals surface area contributed by atoms with Gasteiger partial charge in [-0.05, 0) is 41.8 Å². The highest BCUT2D eigenvalue weighted by molar-refractivity contribution is 6.31. The molecule has 30 heavy (non-hydrogen) atoms. The molecule has 0 aromatic heterocycles. The van der Waals surface area contributed by atoms with E-state index in [0.29, 0.717) is 23.1 Å². The van der Waals surface area contributed by atoms with Gasteiger partial charge in [-0.15, -0.1) is 0 Å². The van der Waals surface area contributed by atoms with E-state index in [9.17, 15) is 10.1 Å². The number of hydrogen-bond acceptors (Lipinski definition) is 5.